The molecule has 0 radical (unpaired) electrons. The van der Waals surface area contributed by atoms with Gasteiger partial charge in [-0.2, -0.15) is 0 Å². The Labute approximate surface area is 169 Å². The van der Waals surface area contributed by atoms with Gasteiger partial charge in [0, 0.05) is 6.54 Å². The number of carbonyl (C=O) groups is 1. The van der Waals surface area contributed by atoms with Crippen LogP contribution in [0.1, 0.15) is 38.4 Å². The van der Waals surface area contributed by atoms with E-state index in [0.717, 1.165) is 28.2 Å². The third-order valence-electron chi connectivity index (χ3n) is 4.27. The molecule has 1 heterocycles. The van der Waals surface area contributed by atoms with Crippen molar-refractivity contribution in [1.29, 1.82) is 0 Å². The summed E-state index contributed by atoms with van der Waals surface area (Å²) < 4.78 is 11.3. The Balaban J connectivity index is 1.63. The number of methoxy groups -OCH3 is 1. The van der Waals surface area contributed by atoms with Gasteiger partial charge in [-0.3, -0.25) is 4.79 Å². The molecule has 2 aromatic carbocycles. The number of thiazole rings is 1. The molecule has 3 rings (SSSR count). The van der Waals surface area contributed by atoms with E-state index in [1.165, 1.54) is 11.3 Å². The van der Waals surface area contributed by atoms with Gasteiger partial charge in [0.05, 0.1) is 17.8 Å². The smallest absolute Gasteiger partial charge is 0.263 e. The van der Waals surface area contributed by atoms with Crippen molar-refractivity contribution in [3.8, 4) is 11.5 Å². The summed E-state index contributed by atoms with van der Waals surface area (Å²) in [6.45, 7) is 4.78. The number of amides is 1. The van der Waals surface area contributed by atoms with E-state index >= 15 is 0 Å². The summed E-state index contributed by atoms with van der Waals surface area (Å²) in [5.74, 6) is 1.22. The molecule has 1 aromatic heterocycles. The van der Waals surface area contributed by atoms with E-state index in [-0.39, 0.29) is 5.91 Å². The zero-order valence-electron chi connectivity index (χ0n) is 16.3. The molecule has 0 saturated heterocycles. The summed E-state index contributed by atoms with van der Waals surface area (Å²) in [4.78, 5) is 17.5. The summed E-state index contributed by atoms with van der Waals surface area (Å²) in [5.41, 5.74) is 2.81. The van der Waals surface area contributed by atoms with Crippen LogP contribution in [0.25, 0.3) is 0 Å². The van der Waals surface area contributed by atoms with Crippen molar-refractivity contribution in [2.45, 2.75) is 33.4 Å². The number of rotatable bonds is 8. The van der Waals surface area contributed by atoms with Crippen LogP contribution in [0.4, 0.5) is 0 Å². The van der Waals surface area contributed by atoms with Crippen LogP contribution in [-0.2, 0) is 19.6 Å². The van der Waals surface area contributed by atoms with Gasteiger partial charge in [0.1, 0.15) is 11.5 Å². The first-order valence-corrected chi connectivity index (χ1v) is 10.0. The lowest BCUT2D eigenvalue weighted by Gasteiger charge is -2.13. The molecule has 0 aliphatic rings. The minimum Gasteiger partial charge on any atom is -0.493 e. The van der Waals surface area contributed by atoms with Crippen molar-refractivity contribution < 1.29 is 14.3 Å². The molecule has 0 fully saturated rings. The molecule has 28 heavy (non-hydrogen) atoms. The molecule has 0 unspecified atom stereocenters. The number of benzene rings is 2. The van der Waals surface area contributed by atoms with Crippen LogP contribution in [0.2, 0.25) is 0 Å². The highest BCUT2D eigenvalue weighted by atomic mass is 32.1. The minimum atomic E-state index is -0.0990. The molecule has 0 atom stereocenters. The van der Waals surface area contributed by atoms with Gasteiger partial charge in [-0.15, -0.1) is 11.3 Å². The van der Waals surface area contributed by atoms with Crippen molar-refractivity contribution >= 4 is 17.2 Å². The summed E-state index contributed by atoms with van der Waals surface area (Å²) in [6.07, 6.45) is 0.834. The fourth-order valence-corrected chi connectivity index (χ4v) is 3.67. The molecule has 0 saturated carbocycles. The first-order chi connectivity index (χ1) is 13.6. The summed E-state index contributed by atoms with van der Waals surface area (Å²) in [5, 5.41) is 3.93. The molecular weight excluding hydrogens is 372 g/mol. The highest BCUT2D eigenvalue weighted by molar-refractivity contribution is 7.13. The van der Waals surface area contributed by atoms with Gasteiger partial charge in [-0.25, -0.2) is 4.98 Å². The Hall–Kier alpha value is -2.86. The second-order valence-corrected chi connectivity index (χ2v) is 7.40. The Morgan fingerprint density at radius 1 is 1.11 bits per heavy atom. The molecule has 1 amide bonds. The normalized spacial score (nSPS) is 10.5. The quantitative estimate of drug-likeness (QED) is 0.608. The zero-order chi connectivity index (χ0) is 19.9. The topological polar surface area (TPSA) is 60.5 Å². The van der Waals surface area contributed by atoms with E-state index in [4.69, 9.17) is 9.47 Å². The van der Waals surface area contributed by atoms with Crippen molar-refractivity contribution in [1.82, 2.24) is 10.3 Å². The van der Waals surface area contributed by atoms with Gasteiger partial charge >= 0.3 is 0 Å². The molecule has 6 heteroatoms. The predicted molar refractivity (Wildman–Crippen MR) is 111 cm³/mol. The molecular formula is C22H24N2O3S. The number of hydrogen-bond donors (Lipinski definition) is 1. The van der Waals surface area contributed by atoms with Gasteiger partial charge in [-0.1, -0.05) is 43.3 Å². The number of nitrogens with one attached hydrogen (secondary N) is 1. The molecule has 3 aromatic rings. The van der Waals surface area contributed by atoms with E-state index in [9.17, 15) is 4.79 Å². The third kappa shape index (κ3) is 4.89. The van der Waals surface area contributed by atoms with Crippen LogP contribution in [0.15, 0.2) is 48.5 Å². The van der Waals surface area contributed by atoms with Crippen LogP contribution >= 0.6 is 11.3 Å². The summed E-state index contributed by atoms with van der Waals surface area (Å²) in [6, 6.07) is 15.7. The second-order valence-electron chi connectivity index (χ2n) is 6.32. The monoisotopic (exact) mass is 396 g/mol. The number of nitrogens with zero attached hydrogens (tertiary/aromatic N) is 1. The number of ether oxygens (including phenoxy) is 2. The Morgan fingerprint density at radius 3 is 2.57 bits per heavy atom. The number of hydrogen-bond acceptors (Lipinski definition) is 5. The lowest BCUT2D eigenvalue weighted by atomic mass is 10.2. The Morgan fingerprint density at radius 2 is 1.89 bits per heavy atom. The van der Waals surface area contributed by atoms with Crippen LogP contribution in [-0.4, -0.2) is 18.0 Å². The van der Waals surface area contributed by atoms with Gasteiger partial charge in [-0.05, 0) is 36.6 Å². The third-order valence-corrected chi connectivity index (χ3v) is 5.57. The number of carbonyl (C=O) groups excluding carboxylic acids is 1. The highest BCUT2D eigenvalue weighted by Gasteiger charge is 2.15. The fraction of sp³-hybridized carbons (Fsp3) is 0.273. The maximum Gasteiger partial charge on any atom is 0.263 e. The standard InChI is InChI=1S/C22H24N2O3S/c1-4-20-24-15(2)21(28-20)22(25)23-13-17-10-11-18(19(12-17)26-3)27-14-16-8-6-5-7-9-16/h5-12H,4,13-14H2,1-3H3,(H,23,25). The minimum absolute atomic E-state index is 0.0990. The lowest BCUT2D eigenvalue weighted by Crippen LogP contribution is -2.22. The zero-order valence-corrected chi connectivity index (χ0v) is 17.1. The van der Waals surface area contributed by atoms with Crippen molar-refractivity contribution in [2.75, 3.05) is 7.11 Å². The lowest BCUT2D eigenvalue weighted by molar-refractivity contribution is 0.0954. The first kappa shape index (κ1) is 19.9. The van der Waals surface area contributed by atoms with Crippen molar-refractivity contribution in [2.24, 2.45) is 0 Å². The first-order valence-electron chi connectivity index (χ1n) is 9.18. The van der Waals surface area contributed by atoms with E-state index in [0.29, 0.717) is 29.5 Å². The maximum atomic E-state index is 12.5. The summed E-state index contributed by atoms with van der Waals surface area (Å²) in [7, 11) is 1.61. The van der Waals surface area contributed by atoms with Crippen LogP contribution in [0.3, 0.4) is 0 Å². The van der Waals surface area contributed by atoms with Gasteiger partial charge in [0.2, 0.25) is 0 Å². The van der Waals surface area contributed by atoms with E-state index in [1.54, 1.807) is 7.11 Å². The highest BCUT2D eigenvalue weighted by Crippen LogP contribution is 2.29. The van der Waals surface area contributed by atoms with E-state index in [1.807, 2.05) is 62.4 Å². The molecule has 0 spiro atoms. The Bertz CT molecular complexity index is 938. The molecule has 0 aliphatic heterocycles. The van der Waals surface area contributed by atoms with Crippen LogP contribution in [0.5, 0.6) is 11.5 Å². The summed E-state index contributed by atoms with van der Waals surface area (Å²) >= 11 is 1.45. The Kier molecular flexibility index (Phi) is 6.66. The molecule has 0 bridgehead atoms. The average molecular weight is 397 g/mol. The van der Waals surface area contributed by atoms with Crippen LogP contribution < -0.4 is 14.8 Å². The van der Waals surface area contributed by atoms with Gasteiger partial charge in [0.25, 0.3) is 5.91 Å². The molecule has 1 N–H and O–H groups in total. The van der Waals surface area contributed by atoms with Crippen molar-refractivity contribution in [3.63, 3.8) is 0 Å². The molecule has 0 aliphatic carbocycles. The second kappa shape index (κ2) is 9.37. The van der Waals surface area contributed by atoms with E-state index in [2.05, 4.69) is 10.3 Å². The fourth-order valence-electron chi connectivity index (χ4n) is 2.75. The predicted octanol–water partition coefficient (Wildman–Crippen LogP) is 4.53. The van der Waals surface area contributed by atoms with Crippen LogP contribution in [0, 0.1) is 6.92 Å². The maximum absolute atomic E-state index is 12.5. The van der Waals surface area contributed by atoms with Gasteiger partial charge in [0.15, 0.2) is 11.5 Å². The number of aryl methyl sites for hydroxylation is 2. The number of aromatic nitrogens is 1. The van der Waals surface area contributed by atoms with Crippen molar-refractivity contribution in [3.05, 3.63) is 75.2 Å². The van der Waals surface area contributed by atoms with E-state index < -0.39 is 0 Å². The molecule has 5 nitrogen and oxygen atoms in total. The molecule has 146 valence electrons. The largest absolute Gasteiger partial charge is 0.493 e. The van der Waals surface area contributed by atoms with Gasteiger partial charge < -0.3 is 14.8 Å². The SMILES string of the molecule is CCc1nc(C)c(C(=O)NCc2ccc(OCc3ccccc3)c(OC)c2)s1. The average Bonchev–Trinajstić information content (AvgIpc) is 3.12.